The molecule has 1 nitrogen and oxygen atoms in total. The summed E-state index contributed by atoms with van der Waals surface area (Å²) in [6.07, 6.45) is 1.91. The fourth-order valence-corrected chi connectivity index (χ4v) is 2.54. The second kappa shape index (κ2) is 4.87. The van der Waals surface area contributed by atoms with Crippen molar-refractivity contribution in [3.8, 4) is 0 Å². The molecule has 19 heavy (non-hydrogen) atoms. The molecule has 0 fully saturated rings. The van der Waals surface area contributed by atoms with E-state index in [1.54, 1.807) is 12.1 Å². The zero-order valence-corrected chi connectivity index (χ0v) is 11.4. The van der Waals surface area contributed by atoms with Crippen LogP contribution in [0, 0.1) is 5.82 Å². The lowest BCUT2D eigenvalue weighted by Gasteiger charge is -2.09. The van der Waals surface area contributed by atoms with E-state index in [9.17, 15) is 4.39 Å². The molecular formula is C15H10Cl2FN. The van der Waals surface area contributed by atoms with Crippen LogP contribution in [-0.4, -0.2) is 4.57 Å². The van der Waals surface area contributed by atoms with E-state index in [1.807, 2.05) is 35.0 Å². The van der Waals surface area contributed by atoms with Crippen LogP contribution < -0.4 is 0 Å². The van der Waals surface area contributed by atoms with Crippen LogP contribution in [0.5, 0.6) is 0 Å². The van der Waals surface area contributed by atoms with Gasteiger partial charge in [-0.25, -0.2) is 4.39 Å². The minimum Gasteiger partial charge on any atom is -0.343 e. The van der Waals surface area contributed by atoms with Gasteiger partial charge < -0.3 is 4.57 Å². The normalized spacial score (nSPS) is 11.1. The molecule has 0 unspecified atom stereocenters. The van der Waals surface area contributed by atoms with Gasteiger partial charge in [-0.15, -0.1) is 0 Å². The van der Waals surface area contributed by atoms with Gasteiger partial charge in [0.1, 0.15) is 5.82 Å². The van der Waals surface area contributed by atoms with Gasteiger partial charge in [0.2, 0.25) is 0 Å². The molecule has 0 aliphatic heterocycles. The molecule has 0 aliphatic rings. The second-order valence-electron chi connectivity index (χ2n) is 4.35. The van der Waals surface area contributed by atoms with Crippen molar-refractivity contribution in [3.05, 3.63) is 70.1 Å². The van der Waals surface area contributed by atoms with E-state index in [2.05, 4.69) is 0 Å². The third-order valence-electron chi connectivity index (χ3n) is 3.13. The number of hydrogen-bond donors (Lipinski definition) is 0. The maximum Gasteiger partial charge on any atom is 0.129 e. The van der Waals surface area contributed by atoms with Gasteiger partial charge in [0, 0.05) is 27.3 Å². The highest BCUT2D eigenvalue weighted by atomic mass is 35.5. The monoisotopic (exact) mass is 293 g/mol. The molecule has 0 radical (unpaired) electrons. The van der Waals surface area contributed by atoms with Crippen molar-refractivity contribution < 1.29 is 4.39 Å². The van der Waals surface area contributed by atoms with E-state index in [0.717, 1.165) is 10.9 Å². The topological polar surface area (TPSA) is 4.93 Å². The summed E-state index contributed by atoms with van der Waals surface area (Å²) in [7, 11) is 0. The quantitative estimate of drug-likeness (QED) is 0.617. The van der Waals surface area contributed by atoms with Gasteiger partial charge >= 0.3 is 0 Å². The molecule has 1 heterocycles. The highest BCUT2D eigenvalue weighted by Crippen LogP contribution is 2.24. The van der Waals surface area contributed by atoms with Crippen molar-refractivity contribution >= 4 is 34.1 Å². The second-order valence-corrected chi connectivity index (χ2v) is 5.19. The van der Waals surface area contributed by atoms with Crippen molar-refractivity contribution in [2.45, 2.75) is 6.54 Å². The summed E-state index contributed by atoms with van der Waals surface area (Å²) >= 11 is 12.0. The van der Waals surface area contributed by atoms with Crippen LogP contribution in [0.4, 0.5) is 4.39 Å². The summed E-state index contributed by atoms with van der Waals surface area (Å²) in [6, 6.07) is 12.3. The Labute approximate surface area is 120 Å². The highest BCUT2D eigenvalue weighted by molar-refractivity contribution is 6.31. The molecule has 0 bridgehead atoms. The first-order chi connectivity index (χ1) is 9.15. The lowest BCUT2D eigenvalue weighted by Crippen LogP contribution is -2.01. The molecule has 0 spiro atoms. The highest BCUT2D eigenvalue weighted by Gasteiger charge is 2.09. The van der Waals surface area contributed by atoms with Gasteiger partial charge in [0.15, 0.2) is 0 Å². The van der Waals surface area contributed by atoms with Crippen LogP contribution in [0.2, 0.25) is 10.0 Å². The van der Waals surface area contributed by atoms with E-state index >= 15 is 0 Å². The van der Waals surface area contributed by atoms with Crippen LogP contribution in [-0.2, 0) is 6.54 Å². The van der Waals surface area contributed by atoms with E-state index < -0.39 is 0 Å². The zero-order chi connectivity index (χ0) is 13.4. The molecular weight excluding hydrogens is 284 g/mol. The Balaban J connectivity index is 2.08. The first-order valence-corrected chi connectivity index (χ1v) is 6.58. The van der Waals surface area contributed by atoms with Crippen molar-refractivity contribution in [3.63, 3.8) is 0 Å². The molecule has 0 N–H and O–H groups in total. The molecule has 0 saturated heterocycles. The van der Waals surface area contributed by atoms with E-state index in [-0.39, 0.29) is 5.82 Å². The molecule has 3 aromatic rings. The van der Waals surface area contributed by atoms with Crippen LogP contribution in [0.15, 0.2) is 48.7 Å². The summed E-state index contributed by atoms with van der Waals surface area (Å²) in [4.78, 5) is 0. The number of nitrogens with zero attached hydrogens (tertiary/aromatic N) is 1. The average molecular weight is 294 g/mol. The molecule has 0 atom stereocenters. The fraction of sp³-hybridized carbons (Fsp3) is 0.0667. The molecule has 0 saturated carbocycles. The average Bonchev–Trinajstić information content (AvgIpc) is 2.76. The Morgan fingerprint density at radius 1 is 1.05 bits per heavy atom. The number of fused-ring (bicyclic) bond motifs is 1. The number of rotatable bonds is 2. The van der Waals surface area contributed by atoms with Gasteiger partial charge in [0.05, 0.1) is 6.54 Å². The van der Waals surface area contributed by atoms with Gasteiger partial charge in [-0.3, -0.25) is 0 Å². The molecule has 1 aromatic heterocycles. The maximum atomic E-state index is 13.8. The summed E-state index contributed by atoms with van der Waals surface area (Å²) in [5.74, 6) is -0.295. The largest absolute Gasteiger partial charge is 0.343 e. The van der Waals surface area contributed by atoms with Gasteiger partial charge in [0.25, 0.3) is 0 Å². The van der Waals surface area contributed by atoms with Crippen LogP contribution in [0.25, 0.3) is 10.9 Å². The number of hydrogen-bond acceptors (Lipinski definition) is 0. The number of aromatic nitrogens is 1. The van der Waals surface area contributed by atoms with Crippen LogP contribution in [0.1, 0.15) is 5.56 Å². The maximum absolute atomic E-state index is 13.8. The first kappa shape index (κ1) is 12.5. The number of benzene rings is 2. The summed E-state index contributed by atoms with van der Waals surface area (Å²) in [6.45, 7) is 0.384. The minimum atomic E-state index is -0.295. The van der Waals surface area contributed by atoms with Crippen molar-refractivity contribution in [2.24, 2.45) is 0 Å². The van der Waals surface area contributed by atoms with Crippen molar-refractivity contribution in [1.82, 2.24) is 4.57 Å². The molecule has 0 amide bonds. The fourth-order valence-electron chi connectivity index (χ4n) is 2.15. The predicted octanol–water partition coefficient (Wildman–Crippen LogP) is 5.14. The standard InChI is InChI=1S/C15H10Cl2FN/c16-11-5-4-10-6-7-19(15(10)8-11)9-12-13(17)2-1-3-14(12)18/h1-8H,9H2. The molecule has 3 rings (SSSR count). The Kier molecular flexibility index (Phi) is 3.21. The Morgan fingerprint density at radius 2 is 1.89 bits per heavy atom. The van der Waals surface area contributed by atoms with Crippen LogP contribution in [0.3, 0.4) is 0 Å². The molecule has 4 heteroatoms. The Morgan fingerprint density at radius 3 is 2.68 bits per heavy atom. The summed E-state index contributed by atoms with van der Waals surface area (Å²) < 4.78 is 15.7. The smallest absolute Gasteiger partial charge is 0.129 e. The van der Waals surface area contributed by atoms with E-state index in [4.69, 9.17) is 23.2 Å². The van der Waals surface area contributed by atoms with Crippen molar-refractivity contribution in [1.29, 1.82) is 0 Å². The van der Waals surface area contributed by atoms with Crippen LogP contribution >= 0.6 is 23.2 Å². The summed E-state index contributed by atoms with van der Waals surface area (Å²) in [5, 5.41) is 2.16. The third kappa shape index (κ3) is 2.34. The van der Waals surface area contributed by atoms with Gasteiger partial charge in [-0.1, -0.05) is 35.3 Å². The number of halogens is 3. The Hall–Kier alpha value is -1.51. The molecule has 0 aliphatic carbocycles. The van der Waals surface area contributed by atoms with Gasteiger partial charge in [-0.05, 0) is 35.7 Å². The third-order valence-corrected chi connectivity index (χ3v) is 3.72. The molecule has 2 aromatic carbocycles. The zero-order valence-electron chi connectivity index (χ0n) is 9.91. The van der Waals surface area contributed by atoms with E-state index in [0.29, 0.717) is 22.2 Å². The molecule has 96 valence electrons. The predicted molar refractivity (Wildman–Crippen MR) is 77.5 cm³/mol. The Bertz CT molecular complexity index is 729. The SMILES string of the molecule is Fc1cccc(Cl)c1Cn1ccc2ccc(Cl)cc21. The lowest BCUT2D eigenvalue weighted by molar-refractivity contribution is 0.602. The van der Waals surface area contributed by atoms with Crippen molar-refractivity contribution in [2.75, 3.05) is 0 Å². The summed E-state index contributed by atoms with van der Waals surface area (Å²) in [5.41, 5.74) is 1.45. The lowest BCUT2D eigenvalue weighted by atomic mass is 10.2. The van der Waals surface area contributed by atoms with Gasteiger partial charge in [-0.2, -0.15) is 0 Å². The first-order valence-electron chi connectivity index (χ1n) is 5.82. The van der Waals surface area contributed by atoms with E-state index in [1.165, 1.54) is 6.07 Å². The minimum absolute atomic E-state index is 0.295.